The Kier molecular flexibility index (Phi) is 7.53. The lowest BCUT2D eigenvalue weighted by molar-refractivity contribution is -0.124. The molecule has 4 amide bonds. The second-order valence-electron chi connectivity index (χ2n) is 15.4. The zero-order chi connectivity index (χ0) is 39.7. The SMILES string of the molecule is CC(=O)n1c2c(c3ccccc31)C[C@@H]1C(=O)N(c3ccc(S(=O)(=O)c4ccc(N5C(=O)[C@H]6Cc7c(n(C(C)=O)c8ccccc78)C[C@H]6C5=O)cc4)cc3)C(=O)[C@@H]1C2. The number of anilines is 2. The van der Waals surface area contributed by atoms with Crippen molar-refractivity contribution in [3.8, 4) is 0 Å². The molecule has 12 nitrogen and oxygen atoms in total. The minimum absolute atomic E-state index is 0.0693. The van der Waals surface area contributed by atoms with E-state index >= 15 is 0 Å². The van der Waals surface area contributed by atoms with E-state index in [0.717, 1.165) is 54.1 Å². The Balaban J connectivity index is 0.878. The van der Waals surface area contributed by atoms with Gasteiger partial charge in [0.15, 0.2) is 0 Å². The lowest BCUT2D eigenvalue weighted by Crippen LogP contribution is -2.31. The van der Waals surface area contributed by atoms with E-state index in [2.05, 4.69) is 0 Å². The highest BCUT2D eigenvalue weighted by Crippen LogP contribution is 2.45. The summed E-state index contributed by atoms with van der Waals surface area (Å²) in [5.41, 5.74) is 5.27. The maximum atomic E-state index is 13.8. The van der Waals surface area contributed by atoms with E-state index in [9.17, 15) is 37.2 Å². The predicted molar refractivity (Wildman–Crippen MR) is 209 cm³/mol. The van der Waals surface area contributed by atoms with Crippen molar-refractivity contribution in [2.75, 3.05) is 9.80 Å². The van der Waals surface area contributed by atoms with Crippen LogP contribution in [-0.4, -0.2) is 53.0 Å². The van der Waals surface area contributed by atoms with Crippen LogP contribution in [0, 0.1) is 23.7 Å². The van der Waals surface area contributed by atoms with E-state index in [1.807, 2.05) is 48.5 Å². The van der Waals surface area contributed by atoms with E-state index < -0.39 is 45.3 Å². The summed E-state index contributed by atoms with van der Waals surface area (Å²) < 4.78 is 30.8. The van der Waals surface area contributed by atoms with Crippen LogP contribution in [0.3, 0.4) is 0 Å². The van der Waals surface area contributed by atoms with Gasteiger partial charge in [0.1, 0.15) is 0 Å². The number of imide groups is 2. The van der Waals surface area contributed by atoms with Crippen LogP contribution in [0.25, 0.3) is 21.8 Å². The Hall–Kier alpha value is -6.47. The Morgan fingerprint density at radius 3 is 1.18 bits per heavy atom. The third-order valence-corrected chi connectivity index (χ3v) is 14.2. The quantitative estimate of drug-likeness (QED) is 0.211. The largest absolute Gasteiger partial charge is 0.284 e. The standard InChI is InChI=1S/C44H34N4O8S/c1-23(49)45-37-9-5-3-7-29(37)31-19-33-35(21-39(31)45)43(53)47(41(33)51)25-11-15-27(16-12-25)57(55,56)28-17-13-26(14-18-28)48-42(52)34-20-32-30-8-4-6-10-38(30)46(24(2)50)40(32)22-36(34)44(48)54/h3-18,33-36H,19-22H2,1-2H3/t33-,34-,35+,36+/m0/s1. The number of nitrogens with zero attached hydrogens (tertiary/aromatic N) is 4. The van der Waals surface area contributed by atoms with E-state index in [0.29, 0.717) is 12.8 Å². The fraction of sp³-hybridized carbons (Fsp3) is 0.227. The molecule has 0 radical (unpaired) electrons. The van der Waals surface area contributed by atoms with E-state index in [1.54, 1.807) is 9.13 Å². The van der Waals surface area contributed by atoms with Gasteiger partial charge in [-0.15, -0.1) is 0 Å². The van der Waals surface area contributed by atoms with Gasteiger partial charge in [-0.1, -0.05) is 36.4 Å². The molecule has 4 atom stereocenters. The van der Waals surface area contributed by atoms with Crippen molar-refractivity contribution in [1.29, 1.82) is 0 Å². The Morgan fingerprint density at radius 2 is 0.825 bits per heavy atom. The van der Waals surface area contributed by atoms with Gasteiger partial charge in [0, 0.05) is 48.8 Å². The zero-order valence-corrected chi connectivity index (χ0v) is 31.7. The normalized spacial score (nSPS) is 21.6. The van der Waals surface area contributed by atoms with Crippen molar-refractivity contribution in [2.24, 2.45) is 23.7 Å². The number of fused-ring (bicyclic) bond motifs is 8. The molecule has 6 aromatic rings. The van der Waals surface area contributed by atoms with Crippen LogP contribution in [0.1, 0.15) is 46.0 Å². The van der Waals surface area contributed by atoms with Gasteiger partial charge in [-0.25, -0.2) is 8.42 Å². The summed E-state index contributed by atoms with van der Waals surface area (Å²) >= 11 is 0. The van der Waals surface area contributed by atoms with Crippen LogP contribution in [0.15, 0.2) is 107 Å². The number of hydrogen-bond donors (Lipinski definition) is 0. The maximum Gasteiger partial charge on any atom is 0.238 e. The summed E-state index contributed by atoms with van der Waals surface area (Å²) in [6.07, 6.45) is 1.10. The smallest absolute Gasteiger partial charge is 0.238 e. The first-order chi connectivity index (χ1) is 27.4. The molecule has 2 aromatic heterocycles. The molecular weight excluding hydrogens is 745 g/mol. The number of para-hydroxylation sites is 2. The van der Waals surface area contributed by atoms with Gasteiger partial charge in [-0.2, -0.15) is 0 Å². The summed E-state index contributed by atoms with van der Waals surface area (Å²) in [4.78, 5) is 82.6. The van der Waals surface area contributed by atoms with E-state index in [1.165, 1.54) is 62.4 Å². The number of rotatable bonds is 4. The van der Waals surface area contributed by atoms with Crippen LogP contribution >= 0.6 is 0 Å². The molecule has 2 aliphatic carbocycles. The highest BCUT2D eigenvalue weighted by molar-refractivity contribution is 7.91. The molecule has 284 valence electrons. The molecule has 13 heteroatoms. The molecule has 2 fully saturated rings. The van der Waals surface area contributed by atoms with Gasteiger partial charge >= 0.3 is 0 Å². The fourth-order valence-electron chi connectivity index (χ4n) is 9.86. The number of sulfone groups is 1. The molecule has 0 unspecified atom stereocenters. The van der Waals surface area contributed by atoms with Gasteiger partial charge < -0.3 is 0 Å². The van der Waals surface area contributed by atoms with Gasteiger partial charge in [0.2, 0.25) is 45.3 Å². The average molecular weight is 779 g/mol. The molecule has 4 heterocycles. The van der Waals surface area contributed by atoms with Crippen LogP contribution in [0.5, 0.6) is 0 Å². The number of carbonyl (C=O) groups excluding carboxylic acids is 6. The predicted octanol–water partition coefficient (Wildman–Crippen LogP) is 5.56. The lowest BCUT2D eigenvalue weighted by Gasteiger charge is -2.23. The summed E-state index contributed by atoms with van der Waals surface area (Å²) in [5, 5.41) is 1.76. The average Bonchev–Trinajstić information content (AvgIpc) is 3.87. The third kappa shape index (κ3) is 4.87. The van der Waals surface area contributed by atoms with E-state index in [-0.39, 0.29) is 57.6 Å². The second-order valence-corrected chi connectivity index (χ2v) is 17.3. The number of hydrogen-bond acceptors (Lipinski definition) is 8. The fourth-order valence-corrected chi connectivity index (χ4v) is 11.1. The molecule has 0 saturated carbocycles. The Labute approximate surface area is 326 Å². The van der Waals surface area contributed by atoms with Crippen molar-refractivity contribution in [3.63, 3.8) is 0 Å². The van der Waals surface area contributed by atoms with Gasteiger partial charge in [-0.3, -0.25) is 47.7 Å². The van der Waals surface area contributed by atoms with Crippen molar-refractivity contribution < 1.29 is 37.2 Å². The van der Waals surface area contributed by atoms with Crippen molar-refractivity contribution in [2.45, 2.75) is 49.3 Å². The molecule has 2 aliphatic heterocycles. The summed E-state index contributed by atoms with van der Waals surface area (Å²) in [6, 6.07) is 26.2. The van der Waals surface area contributed by atoms with Crippen molar-refractivity contribution in [1.82, 2.24) is 9.13 Å². The van der Waals surface area contributed by atoms with Gasteiger partial charge in [-0.05, 0) is 84.6 Å². The highest BCUT2D eigenvalue weighted by atomic mass is 32.2. The minimum Gasteiger partial charge on any atom is -0.284 e. The maximum absolute atomic E-state index is 13.8. The minimum atomic E-state index is -4.09. The third-order valence-electron chi connectivity index (χ3n) is 12.4. The number of amides is 4. The van der Waals surface area contributed by atoms with Crippen LogP contribution < -0.4 is 9.80 Å². The molecule has 4 aromatic carbocycles. The van der Waals surface area contributed by atoms with E-state index in [4.69, 9.17) is 0 Å². The first kappa shape index (κ1) is 35.0. The lowest BCUT2D eigenvalue weighted by atomic mass is 9.79. The first-order valence-corrected chi connectivity index (χ1v) is 20.3. The van der Waals surface area contributed by atoms with Gasteiger partial charge in [0.25, 0.3) is 0 Å². The number of aromatic nitrogens is 2. The Morgan fingerprint density at radius 1 is 0.491 bits per heavy atom. The Bertz CT molecular complexity index is 2750. The molecule has 2 saturated heterocycles. The second kappa shape index (κ2) is 12.3. The summed E-state index contributed by atoms with van der Waals surface area (Å²) in [7, 11) is -4.09. The topological polar surface area (TPSA) is 153 Å². The summed E-state index contributed by atoms with van der Waals surface area (Å²) in [5.74, 6) is -4.39. The molecule has 0 N–H and O–H groups in total. The molecule has 10 rings (SSSR count). The molecule has 0 spiro atoms. The molecule has 4 aliphatic rings. The van der Waals surface area contributed by atoms with Crippen LogP contribution in [-0.2, 0) is 54.7 Å². The van der Waals surface area contributed by atoms with Crippen LogP contribution in [0.4, 0.5) is 11.4 Å². The molecular formula is C44H34N4O8S. The number of carbonyl (C=O) groups is 6. The highest BCUT2D eigenvalue weighted by Gasteiger charge is 2.53. The summed E-state index contributed by atoms with van der Waals surface area (Å²) in [6.45, 7) is 2.95. The van der Waals surface area contributed by atoms with Crippen LogP contribution in [0.2, 0.25) is 0 Å². The first-order valence-electron chi connectivity index (χ1n) is 18.8. The van der Waals surface area contributed by atoms with Crippen molar-refractivity contribution >= 4 is 78.5 Å². The molecule has 0 bridgehead atoms. The molecule has 57 heavy (non-hydrogen) atoms. The zero-order valence-electron chi connectivity index (χ0n) is 30.8. The monoisotopic (exact) mass is 778 g/mol. The van der Waals surface area contributed by atoms with Crippen molar-refractivity contribution in [3.05, 3.63) is 120 Å². The van der Waals surface area contributed by atoms with Gasteiger partial charge in [0.05, 0.1) is 55.9 Å². The number of benzene rings is 4.